The Bertz CT molecular complexity index is 1250. The lowest BCUT2D eigenvalue weighted by atomic mass is 10.3. The van der Waals surface area contributed by atoms with E-state index in [9.17, 15) is 21.6 Å². The van der Waals surface area contributed by atoms with Crippen molar-refractivity contribution in [2.75, 3.05) is 6.54 Å². The van der Waals surface area contributed by atoms with Gasteiger partial charge in [-0.1, -0.05) is 6.07 Å². The monoisotopic (exact) mass is 474 g/mol. The molecule has 0 atom stereocenters. The summed E-state index contributed by atoms with van der Waals surface area (Å²) in [6, 6.07) is 7.83. The molecule has 4 aromatic rings. The highest BCUT2D eigenvalue weighted by Gasteiger charge is 2.31. The second kappa shape index (κ2) is 7.98. The van der Waals surface area contributed by atoms with Crippen molar-refractivity contribution in [3.63, 3.8) is 0 Å². The molecule has 1 N–H and O–H groups in total. The molecule has 30 heavy (non-hydrogen) atoms. The summed E-state index contributed by atoms with van der Waals surface area (Å²) in [7, 11) is -3.88. The standard InChI is InChI=1S/C17H13F3N4O3S3/c18-17(19,20)27-12-3-5-13(6-4-12)30(25,26)21-8-7-11-10-29-16-22-15(23-24(11)16)14-2-1-9-28-14/h1-6,9-10,21H,7-8H2. The molecule has 0 radical (unpaired) electrons. The fourth-order valence-corrected chi connectivity index (χ4v) is 5.16. The van der Waals surface area contributed by atoms with Crippen LogP contribution in [0.25, 0.3) is 15.7 Å². The SMILES string of the molecule is O=S(=O)(NCCc1csc2nc(-c3cccs3)nn12)c1ccc(OC(F)(F)F)cc1. The second-order valence-corrected chi connectivity index (χ2v) is 9.55. The third kappa shape index (κ3) is 4.64. The highest BCUT2D eigenvalue weighted by Crippen LogP contribution is 2.25. The molecule has 7 nitrogen and oxygen atoms in total. The van der Waals surface area contributed by atoms with E-state index in [2.05, 4.69) is 19.5 Å². The molecule has 0 aliphatic carbocycles. The highest BCUT2D eigenvalue weighted by atomic mass is 32.2. The molecule has 0 aliphatic heterocycles. The minimum absolute atomic E-state index is 0.0865. The van der Waals surface area contributed by atoms with Crippen molar-refractivity contribution in [3.05, 3.63) is 52.9 Å². The number of thiazole rings is 1. The number of ether oxygens (including phenoxy) is 1. The summed E-state index contributed by atoms with van der Waals surface area (Å²) < 4.78 is 69.2. The van der Waals surface area contributed by atoms with Crippen LogP contribution in [0.3, 0.4) is 0 Å². The van der Waals surface area contributed by atoms with E-state index in [-0.39, 0.29) is 11.4 Å². The van der Waals surface area contributed by atoms with E-state index in [0.29, 0.717) is 17.2 Å². The van der Waals surface area contributed by atoms with Crippen LogP contribution in [0.15, 0.2) is 52.1 Å². The van der Waals surface area contributed by atoms with E-state index in [1.165, 1.54) is 22.7 Å². The molecular weight excluding hydrogens is 461 g/mol. The number of fused-ring (bicyclic) bond motifs is 1. The Morgan fingerprint density at radius 2 is 1.90 bits per heavy atom. The number of hydrogen-bond acceptors (Lipinski definition) is 7. The van der Waals surface area contributed by atoms with E-state index in [1.54, 1.807) is 4.52 Å². The van der Waals surface area contributed by atoms with E-state index in [0.717, 1.165) is 34.8 Å². The molecule has 0 amide bonds. The largest absolute Gasteiger partial charge is 0.573 e. The van der Waals surface area contributed by atoms with Gasteiger partial charge >= 0.3 is 6.36 Å². The Hall–Kier alpha value is -2.48. The fraction of sp³-hybridized carbons (Fsp3) is 0.176. The number of thiophene rings is 1. The van der Waals surface area contributed by atoms with Crippen LogP contribution in [-0.2, 0) is 16.4 Å². The molecule has 3 aromatic heterocycles. The van der Waals surface area contributed by atoms with Gasteiger partial charge in [-0.25, -0.2) is 17.7 Å². The number of hydrogen-bond donors (Lipinski definition) is 1. The Morgan fingerprint density at radius 3 is 2.57 bits per heavy atom. The van der Waals surface area contributed by atoms with Crippen LogP contribution in [-0.4, -0.2) is 35.9 Å². The zero-order valence-corrected chi connectivity index (χ0v) is 17.4. The van der Waals surface area contributed by atoms with E-state index in [4.69, 9.17) is 0 Å². The van der Waals surface area contributed by atoms with Crippen molar-refractivity contribution in [2.45, 2.75) is 17.7 Å². The van der Waals surface area contributed by atoms with Gasteiger partial charge < -0.3 is 4.74 Å². The predicted molar refractivity (Wildman–Crippen MR) is 106 cm³/mol. The van der Waals surface area contributed by atoms with Crippen molar-refractivity contribution in [1.29, 1.82) is 0 Å². The first kappa shape index (κ1) is 20.8. The number of nitrogens with one attached hydrogen (secondary N) is 1. The number of nitrogens with zero attached hydrogens (tertiary/aromatic N) is 3. The zero-order valence-electron chi connectivity index (χ0n) is 15.0. The first-order valence-electron chi connectivity index (χ1n) is 8.44. The molecule has 3 heterocycles. The van der Waals surface area contributed by atoms with Gasteiger partial charge in [0.25, 0.3) is 0 Å². The molecule has 4 rings (SSSR count). The summed E-state index contributed by atoms with van der Waals surface area (Å²) in [6.45, 7) is 0.0865. The maximum atomic E-state index is 12.4. The molecule has 0 bridgehead atoms. The van der Waals surface area contributed by atoms with Gasteiger partial charge in [-0.15, -0.1) is 40.9 Å². The number of sulfonamides is 1. The van der Waals surface area contributed by atoms with Gasteiger partial charge in [0.05, 0.1) is 15.5 Å². The van der Waals surface area contributed by atoms with Gasteiger partial charge in [-0.3, -0.25) is 0 Å². The number of halogens is 3. The van der Waals surface area contributed by atoms with E-state index >= 15 is 0 Å². The van der Waals surface area contributed by atoms with Crippen molar-refractivity contribution in [2.24, 2.45) is 0 Å². The molecular formula is C17H13F3N4O3S3. The van der Waals surface area contributed by atoms with Crippen LogP contribution in [0, 0.1) is 0 Å². The summed E-state index contributed by atoms with van der Waals surface area (Å²) in [4.78, 5) is 5.95. The minimum atomic E-state index is -4.84. The normalized spacial score (nSPS) is 12.5. The molecule has 0 unspecified atom stereocenters. The fourth-order valence-electron chi connectivity index (χ4n) is 2.62. The Morgan fingerprint density at radius 1 is 1.13 bits per heavy atom. The maximum Gasteiger partial charge on any atom is 0.573 e. The second-order valence-electron chi connectivity index (χ2n) is 6.00. The highest BCUT2D eigenvalue weighted by molar-refractivity contribution is 7.89. The van der Waals surface area contributed by atoms with Gasteiger partial charge in [-0.2, -0.15) is 4.98 Å². The smallest absolute Gasteiger partial charge is 0.406 e. The van der Waals surface area contributed by atoms with Crippen LogP contribution < -0.4 is 9.46 Å². The Kier molecular flexibility index (Phi) is 5.53. The first-order valence-corrected chi connectivity index (χ1v) is 11.7. The van der Waals surface area contributed by atoms with E-state index in [1.807, 2.05) is 22.9 Å². The molecule has 0 saturated heterocycles. The lowest BCUT2D eigenvalue weighted by Gasteiger charge is -2.10. The molecule has 0 spiro atoms. The third-order valence-electron chi connectivity index (χ3n) is 3.93. The van der Waals surface area contributed by atoms with Crippen molar-refractivity contribution in [3.8, 4) is 16.5 Å². The number of aromatic nitrogens is 3. The van der Waals surface area contributed by atoms with Crippen LogP contribution >= 0.6 is 22.7 Å². The molecule has 0 saturated carbocycles. The van der Waals surface area contributed by atoms with Crippen molar-refractivity contribution >= 4 is 37.7 Å². The summed E-state index contributed by atoms with van der Waals surface area (Å²) in [6.07, 6.45) is -4.48. The third-order valence-corrected chi connectivity index (χ3v) is 7.14. The van der Waals surface area contributed by atoms with Gasteiger partial charge in [-0.05, 0) is 35.7 Å². The quantitative estimate of drug-likeness (QED) is 0.439. The molecule has 1 aromatic carbocycles. The topological polar surface area (TPSA) is 85.6 Å². The summed E-state index contributed by atoms with van der Waals surface area (Å²) in [5, 5.41) is 8.26. The minimum Gasteiger partial charge on any atom is -0.406 e. The summed E-state index contributed by atoms with van der Waals surface area (Å²) in [5.41, 5.74) is 0.793. The maximum absolute atomic E-state index is 12.4. The molecule has 13 heteroatoms. The number of alkyl halides is 3. The average Bonchev–Trinajstić information content (AvgIpc) is 3.38. The molecule has 0 fully saturated rings. The predicted octanol–water partition coefficient (Wildman–Crippen LogP) is 3.94. The van der Waals surface area contributed by atoms with Gasteiger partial charge in [0, 0.05) is 18.3 Å². The molecule has 158 valence electrons. The van der Waals surface area contributed by atoms with E-state index < -0.39 is 22.1 Å². The zero-order chi connectivity index (χ0) is 21.4. The summed E-state index contributed by atoms with van der Waals surface area (Å²) >= 11 is 2.93. The van der Waals surface area contributed by atoms with Crippen LogP contribution in [0.1, 0.15) is 5.69 Å². The number of benzene rings is 1. The van der Waals surface area contributed by atoms with Gasteiger partial charge in [0.2, 0.25) is 15.0 Å². The van der Waals surface area contributed by atoms with Gasteiger partial charge in [0.15, 0.2) is 5.82 Å². The first-order chi connectivity index (χ1) is 14.2. The van der Waals surface area contributed by atoms with Crippen molar-refractivity contribution < 1.29 is 26.3 Å². The van der Waals surface area contributed by atoms with Crippen molar-refractivity contribution in [1.82, 2.24) is 19.3 Å². The lowest BCUT2D eigenvalue weighted by Crippen LogP contribution is -2.26. The summed E-state index contributed by atoms with van der Waals surface area (Å²) in [5.74, 6) is 0.120. The lowest BCUT2D eigenvalue weighted by molar-refractivity contribution is -0.274. The number of rotatable bonds is 7. The van der Waals surface area contributed by atoms with Crippen LogP contribution in [0.2, 0.25) is 0 Å². The Labute approximate surface area is 176 Å². The van der Waals surface area contributed by atoms with Crippen LogP contribution in [0.5, 0.6) is 5.75 Å². The van der Waals surface area contributed by atoms with Crippen LogP contribution in [0.4, 0.5) is 13.2 Å². The Balaban J connectivity index is 1.41. The van der Waals surface area contributed by atoms with Gasteiger partial charge in [0.1, 0.15) is 5.75 Å². The molecule has 0 aliphatic rings. The average molecular weight is 475 g/mol.